The van der Waals surface area contributed by atoms with Crippen molar-refractivity contribution in [2.75, 3.05) is 13.7 Å². The second-order valence-corrected chi connectivity index (χ2v) is 5.10. The van der Waals surface area contributed by atoms with Crippen molar-refractivity contribution in [3.05, 3.63) is 29.6 Å². The van der Waals surface area contributed by atoms with Crippen molar-refractivity contribution in [2.45, 2.75) is 39.7 Å². The zero-order chi connectivity index (χ0) is 13.5. The normalized spacial score (nSPS) is 12.8. The lowest BCUT2D eigenvalue weighted by molar-refractivity contribution is 0.409. The molecule has 1 unspecified atom stereocenters. The van der Waals surface area contributed by atoms with Crippen molar-refractivity contribution >= 4 is 0 Å². The Balaban J connectivity index is 2.48. The zero-order valence-corrected chi connectivity index (χ0v) is 11.8. The molecule has 0 saturated carbocycles. The van der Waals surface area contributed by atoms with Crippen LogP contribution < -0.4 is 10.1 Å². The molecule has 2 nitrogen and oxygen atoms in total. The Bertz CT molecular complexity index is 366. The van der Waals surface area contributed by atoms with Crippen molar-refractivity contribution < 1.29 is 9.13 Å². The minimum Gasteiger partial charge on any atom is -0.497 e. The highest BCUT2D eigenvalue weighted by Crippen LogP contribution is 2.21. The Morgan fingerprint density at radius 3 is 2.56 bits per heavy atom. The van der Waals surface area contributed by atoms with Crippen molar-refractivity contribution in [1.82, 2.24) is 5.32 Å². The lowest BCUT2D eigenvalue weighted by Crippen LogP contribution is -2.21. The van der Waals surface area contributed by atoms with Crippen LogP contribution >= 0.6 is 0 Å². The van der Waals surface area contributed by atoms with E-state index in [4.69, 9.17) is 4.74 Å². The van der Waals surface area contributed by atoms with Gasteiger partial charge in [0.25, 0.3) is 0 Å². The van der Waals surface area contributed by atoms with Crippen LogP contribution in [0.25, 0.3) is 0 Å². The van der Waals surface area contributed by atoms with E-state index in [0.29, 0.717) is 11.3 Å². The van der Waals surface area contributed by atoms with Crippen molar-refractivity contribution in [3.63, 3.8) is 0 Å². The molecule has 0 aliphatic carbocycles. The third kappa shape index (κ3) is 4.65. The van der Waals surface area contributed by atoms with E-state index in [2.05, 4.69) is 19.2 Å². The van der Waals surface area contributed by atoms with Crippen molar-refractivity contribution in [2.24, 2.45) is 5.92 Å². The molecule has 1 aromatic rings. The standard InChI is InChI=1S/C15H24FNO/c1-11(2)6-5-9-17-12(3)14-8-7-13(18-4)10-15(14)16/h7-8,10-12,17H,5-6,9H2,1-4H3. The number of methoxy groups -OCH3 is 1. The van der Waals surface area contributed by atoms with Crippen molar-refractivity contribution in [3.8, 4) is 5.75 Å². The molecule has 3 heteroatoms. The van der Waals surface area contributed by atoms with Gasteiger partial charge in [-0.1, -0.05) is 19.9 Å². The zero-order valence-electron chi connectivity index (χ0n) is 11.8. The molecule has 0 aliphatic rings. The van der Waals surface area contributed by atoms with Gasteiger partial charge in [-0.25, -0.2) is 4.39 Å². The molecule has 0 amide bonds. The van der Waals surface area contributed by atoms with E-state index in [0.717, 1.165) is 18.9 Å². The van der Waals surface area contributed by atoms with Crippen LogP contribution in [0.4, 0.5) is 4.39 Å². The van der Waals surface area contributed by atoms with Crippen molar-refractivity contribution in [1.29, 1.82) is 0 Å². The Kier molecular flexibility index (Phi) is 6.13. The van der Waals surface area contributed by atoms with Gasteiger partial charge in [-0.3, -0.25) is 0 Å². The fourth-order valence-electron chi connectivity index (χ4n) is 1.92. The van der Waals surface area contributed by atoms with Crippen LogP contribution in [0.5, 0.6) is 5.75 Å². The lowest BCUT2D eigenvalue weighted by Gasteiger charge is -2.16. The van der Waals surface area contributed by atoms with Gasteiger partial charge in [-0.15, -0.1) is 0 Å². The highest BCUT2D eigenvalue weighted by molar-refractivity contribution is 5.30. The summed E-state index contributed by atoms with van der Waals surface area (Å²) in [6, 6.07) is 5.05. The molecule has 1 N–H and O–H groups in total. The molecule has 0 fully saturated rings. The molecule has 1 atom stereocenters. The number of halogens is 1. The topological polar surface area (TPSA) is 21.3 Å². The monoisotopic (exact) mass is 253 g/mol. The quantitative estimate of drug-likeness (QED) is 0.744. The van der Waals surface area contributed by atoms with Crippen LogP contribution in [-0.4, -0.2) is 13.7 Å². The first-order valence-electron chi connectivity index (χ1n) is 6.61. The first-order chi connectivity index (χ1) is 8.54. The molecule has 18 heavy (non-hydrogen) atoms. The van der Waals surface area contributed by atoms with Gasteiger partial charge >= 0.3 is 0 Å². The van der Waals surface area contributed by atoms with Gasteiger partial charge in [-0.05, 0) is 38.3 Å². The third-order valence-corrected chi connectivity index (χ3v) is 3.08. The van der Waals surface area contributed by atoms with Gasteiger partial charge < -0.3 is 10.1 Å². The number of rotatable bonds is 7. The highest BCUT2D eigenvalue weighted by atomic mass is 19.1. The fraction of sp³-hybridized carbons (Fsp3) is 0.600. The molecule has 1 rings (SSSR count). The molecule has 0 heterocycles. The minimum atomic E-state index is -0.210. The van der Waals surface area contributed by atoms with E-state index in [-0.39, 0.29) is 11.9 Å². The Morgan fingerprint density at radius 2 is 2.00 bits per heavy atom. The predicted octanol–water partition coefficient (Wildman–Crippen LogP) is 3.92. The van der Waals surface area contributed by atoms with E-state index in [1.807, 2.05) is 6.92 Å². The van der Waals surface area contributed by atoms with Crippen LogP contribution in [0, 0.1) is 11.7 Å². The second kappa shape index (κ2) is 7.37. The summed E-state index contributed by atoms with van der Waals surface area (Å²) in [4.78, 5) is 0. The molecule has 102 valence electrons. The molecule has 0 bridgehead atoms. The molecule has 0 saturated heterocycles. The van der Waals surface area contributed by atoms with E-state index >= 15 is 0 Å². The number of nitrogens with one attached hydrogen (secondary N) is 1. The second-order valence-electron chi connectivity index (χ2n) is 5.10. The van der Waals surface area contributed by atoms with Crippen LogP contribution in [0.15, 0.2) is 18.2 Å². The number of ether oxygens (including phenoxy) is 1. The Morgan fingerprint density at radius 1 is 1.28 bits per heavy atom. The summed E-state index contributed by atoms with van der Waals surface area (Å²) in [5.74, 6) is 1.07. The summed E-state index contributed by atoms with van der Waals surface area (Å²) in [5.41, 5.74) is 0.695. The molecule has 1 aromatic carbocycles. The predicted molar refractivity (Wildman–Crippen MR) is 73.4 cm³/mol. The summed E-state index contributed by atoms with van der Waals surface area (Å²) in [6.45, 7) is 7.34. The SMILES string of the molecule is COc1ccc(C(C)NCCCC(C)C)c(F)c1. The summed E-state index contributed by atoms with van der Waals surface area (Å²) in [7, 11) is 1.54. The maximum Gasteiger partial charge on any atom is 0.131 e. The minimum absolute atomic E-state index is 0.0306. The smallest absolute Gasteiger partial charge is 0.131 e. The largest absolute Gasteiger partial charge is 0.497 e. The van der Waals surface area contributed by atoms with E-state index in [9.17, 15) is 4.39 Å². The van der Waals surface area contributed by atoms with Crippen LogP contribution in [0.3, 0.4) is 0 Å². The van der Waals surface area contributed by atoms with E-state index in [1.54, 1.807) is 19.2 Å². The van der Waals surface area contributed by atoms with Gasteiger partial charge in [0.2, 0.25) is 0 Å². The first kappa shape index (κ1) is 15.0. The Labute approximate surface area is 110 Å². The number of hydrogen-bond acceptors (Lipinski definition) is 2. The average molecular weight is 253 g/mol. The van der Waals surface area contributed by atoms with Crippen LogP contribution in [-0.2, 0) is 0 Å². The maximum absolute atomic E-state index is 13.8. The Hall–Kier alpha value is -1.09. The highest BCUT2D eigenvalue weighted by Gasteiger charge is 2.11. The van der Waals surface area contributed by atoms with Gasteiger partial charge in [0.1, 0.15) is 11.6 Å². The lowest BCUT2D eigenvalue weighted by atomic mass is 10.1. The van der Waals surface area contributed by atoms with Gasteiger partial charge in [0, 0.05) is 17.7 Å². The summed E-state index contributed by atoms with van der Waals surface area (Å²) in [6.07, 6.45) is 2.32. The molecular formula is C15H24FNO. The average Bonchev–Trinajstić information content (AvgIpc) is 2.33. The fourth-order valence-corrected chi connectivity index (χ4v) is 1.92. The van der Waals surface area contributed by atoms with E-state index in [1.165, 1.54) is 12.5 Å². The molecule has 0 spiro atoms. The van der Waals surface area contributed by atoms with Gasteiger partial charge in [0.05, 0.1) is 7.11 Å². The third-order valence-electron chi connectivity index (χ3n) is 3.08. The first-order valence-corrected chi connectivity index (χ1v) is 6.61. The number of benzene rings is 1. The molecular weight excluding hydrogens is 229 g/mol. The molecule has 0 aliphatic heterocycles. The van der Waals surface area contributed by atoms with Crippen LogP contribution in [0.2, 0.25) is 0 Å². The molecule has 0 radical (unpaired) electrons. The van der Waals surface area contributed by atoms with Crippen LogP contribution in [0.1, 0.15) is 45.2 Å². The maximum atomic E-state index is 13.8. The van der Waals surface area contributed by atoms with Gasteiger partial charge in [0.15, 0.2) is 0 Å². The summed E-state index contributed by atoms with van der Waals surface area (Å²) >= 11 is 0. The molecule has 0 aromatic heterocycles. The van der Waals surface area contributed by atoms with Gasteiger partial charge in [-0.2, -0.15) is 0 Å². The summed E-state index contributed by atoms with van der Waals surface area (Å²) < 4.78 is 18.8. The summed E-state index contributed by atoms with van der Waals surface area (Å²) in [5, 5.41) is 3.35. The van der Waals surface area contributed by atoms with E-state index < -0.39 is 0 Å². The number of hydrogen-bond donors (Lipinski definition) is 1.